The fourth-order valence-corrected chi connectivity index (χ4v) is 3.86. The molecule has 0 aliphatic carbocycles. The summed E-state index contributed by atoms with van der Waals surface area (Å²) >= 11 is 1.46. The van der Waals surface area contributed by atoms with Gasteiger partial charge in [0, 0.05) is 28.2 Å². The van der Waals surface area contributed by atoms with Crippen molar-refractivity contribution >= 4 is 33.4 Å². The Hall–Kier alpha value is -3.62. The van der Waals surface area contributed by atoms with Crippen molar-refractivity contribution in [1.29, 1.82) is 5.26 Å². The first kappa shape index (κ1) is 18.7. The normalized spacial score (nSPS) is 11.2. The molecule has 0 spiro atoms. The molecule has 1 heterocycles. The van der Waals surface area contributed by atoms with Gasteiger partial charge in [-0.1, -0.05) is 36.4 Å². The lowest BCUT2D eigenvalue weighted by atomic mass is 10.1. The van der Waals surface area contributed by atoms with Gasteiger partial charge in [-0.05, 0) is 42.6 Å². The number of rotatable bonds is 6. The second-order valence-electron chi connectivity index (χ2n) is 6.34. The SMILES string of the molecule is CCOc1ccc(-c2csc(/C(C#N)=C/Nc3cccc4ccccc34)n2)cc1. The Labute approximate surface area is 173 Å². The van der Waals surface area contributed by atoms with Gasteiger partial charge in [0.2, 0.25) is 0 Å². The molecule has 0 atom stereocenters. The van der Waals surface area contributed by atoms with Crippen molar-refractivity contribution in [2.24, 2.45) is 0 Å². The van der Waals surface area contributed by atoms with Crippen molar-refractivity contribution < 1.29 is 4.74 Å². The Kier molecular flexibility index (Phi) is 5.55. The van der Waals surface area contributed by atoms with E-state index in [0.717, 1.165) is 33.5 Å². The van der Waals surface area contributed by atoms with Gasteiger partial charge in [-0.2, -0.15) is 5.26 Å². The number of hydrogen-bond donors (Lipinski definition) is 1. The first-order chi connectivity index (χ1) is 14.3. The smallest absolute Gasteiger partial charge is 0.136 e. The van der Waals surface area contributed by atoms with Crippen LogP contribution >= 0.6 is 11.3 Å². The molecule has 4 aromatic rings. The van der Waals surface area contributed by atoms with Crippen molar-refractivity contribution in [3.8, 4) is 23.1 Å². The zero-order chi connectivity index (χ0) is 20.1. The molecule has 1 aromatic heterocycles. The molecule has 0 amide bonds. The van der Waals surface area contributed by atoms with Gasteiger partial charge in [-0.15, -0.1) is 11.3 Å². The van der Waals surface area contributed by atoms with Gasteiger partial charge < -0.3 is 10.1 Å². The second-order valence-corrected chi connectivity index (χ2v) is 7.19. The lowest BCUT2D eigenvalue weighted by Gasteiger charge is -2.06. The Bertz CT molecular complexity index is 1200. The fourth-order valence-electron chi connectivity index (χ4n) is 3.06. The van der Waals surface area contributed by atoms with Crippen LogP contribution in [0.4, 0.5) is 5.69 Å². The number of anilines is 1. The highest BCUT2D eigenvalue weighted by Gasteiger charge is 2.09. The van der Waals surface area contributed by atoms with Gasteiger partial charge in [0.05, 0.1) is 12.3 Å². The van der Waals surface area contributed by atoms with Gasteiger partial charge in [0.15, 0.2) is 0 Å². The van der Waals surface area contributed by atoms with Crippen LogP contribution in [0.1, 0.15) is 11.9 Å². The molecule has 1 N–H and O–H groups in total. The quantitative estimate of drug-likeness (QED) is 0.386. The Morgan fingerprint density at radius 2 is 1.90 bits per heavy atom. The Balaban J connectivity index is 1.57. The number of hydrogen-bond acceptors (Lipinski definition) is 5. The molecule has 0 aliphatic rings. The zero-order valence-corrected chi connectivity index (χ0v) is 16.7. The zero-order valence-electron chi connectivity index (χ0n) is 15.9. The van der Waals surface area contributed by atoms with Crippen LogP contribution < -0.4 is 10.1 Å². The summed E-state index contributed by atoms with van der Waals surface area (Å²) in [6.45, 7) is 2.60. The minimum Gasteiger partial charge on any atom is -0.494 e. The fraction of sp³-hybridized carbons (Fsp3) is 0.0833. The summed E-state index contributed by atoms with van der Waals surface area (Å²) < 4.78 is 5.48. The topological polar surface area (TPSA) is 57.9 Å². The van der Waals surface area contributed by atoms with Crippen molar-refractivity contribution in [2.75, 3.05) is 11.9 Å². The summed E-state index contributed by atoms with van der Waals surface area (Å²) in [6.07, 6.45) is 1.72. The van der Waals surface area contributed by atoms with Crippen molar-refractivity contribution in [2.45, 2.75) is 6.92 Å². The molecule has 0 aliphatic heterocycles. The van der Waals surface area contributed by atoms with Crippen LogP contribution in [0.3, 0.4) is 0 Å². The van der Waals surface area contributed by atoms with E-state index in [1.165, 1.54) is 11.3 Å². The molecule has 0 unspecified atom stereocenters. The predicted octanol–water partition coefficient (Wildman–Crippen LogP) is 6.34. The number of nitrogens with zero attached hydrogens (tertiary/aromatic N) is 2. The maximum atomic E-state index is 9.64. The average Bonchev–Trinajstić information content (AvgIpc) is 3.25. The summed E-state index contributed by atoms with van der Waals surface area (Å²) in [5, 5.41) is 17.8. The molecule has 5 heteroatoms. The number of thiazole rings is 1. The van der Waals surface area contributed by atoms with E-state index in [-0.39, 0.29) is 0 Å². The molecule has 0 bridgehead atoms. The summed E-state index contributed by atoms with van der Waals surface area (Å²) in [7, 11) is 0. The van der Waals surface area contributed by atoms with Crippen LogP contribution in [0, 0.1) is 11.3 Å². The van der Waals surface area contributed by atoms with E-state index >= 15 is 0 Å². The third-order valence-corrected chi connectivity index (χ3v) is 5.35. The highest BCUT2D eigenvalue weighted by atomic mass is 32.1. The van der Waals surface area contributed by atoms with E-state index in [1.54, 1.807) is 6.20 Å². The van der Waals surface area contributed by atoms with E-state index in [4.69, 9.17) is 4.74 Å². The highest BCUT2D eigenvalue weighted by molar-refractivity contribution is 7.11. The van der Waals surface area contributed by atoms with E-state index in [9.17, 15) is 5.26 Å². The molecule has 0 saturated carbocycles. The van der Waals surface area contributed by atoms with Gasteiger partial charge in [0.1, 0.15) is 22.4 Å². The van der Waals surface area contributed by atoms with Gasteiger partial charge in [-0.3, -0.25) is 0 Å². The van der Waals surface area contributed by atoms with E-state index in [0.29, 0.717) is 17.2 Å². The van der Waals surface area contributed by atoms with Crippen LogP contribution in [0.15, 0.2) is 78.3 Å². The largest absolute Gasteiger partial charge is 0.494 e. The second kappa shape index (κ2) is 8.59. The average molecular weight is 398 g/mol. The first-order valence-electron chi connectivity index (χ1n) is 9.32. The molecule has 0 radical (unpaired) electrons. The van der Waals surface area contributed by atoms with Crippen LogP contribution in [0.5, 0.6) is 5.75 Å². The Morgan fingerprint density at radius 1 is 1.10 bits per heavy atom. The predicted molar refractivity (Wildman–Crippen MR) is 120 cm³/mol. The third-order valence-electron chi connectivity index (χ3n) is 4.48. The standard InChI is InChI=1S/C24H19N3OS/c1-2-28-20-12-10-18(11-13-20)23-16-29-24(27-23)19(14-25)15-26-22-9-5-7-17-6-3-4-8-21(17)22/h3-13,15-16,26H,2H2,1H3/b19-15+. The third kappa shape index (κ3) is 4.13. The van der Waals surface area contributed by atoms with E-state index in [2.05, 4.69) is 34.6 Å². The number of fused-ring (bicyclic) bond motifs is 1. The molecule has 4 rings (SSSR count). The maximum absolute atomic E-state index is 9.64. The van der Waals surface area contributed by atoms with Crippen LogP contribution in [-0.2, 0) is 0 Å². The summed E-state index contributed by atoms with van der Waals surface area (Å²) in [4.78, 5) is 4.65. The number of aromatic nitrogens is 1. The van der Waals surface area contributed by atoms with Crippen molar-refractivity contribution in [3.63, 3.8) is 0 Å². The maximum Gasteiger partial charge on any atom is 0.136 e. The van der Waals surface area contributed by atoms with E-state index in [1.807, 2.05) is 60.8 Å². The minimum atomic E-state index is 0.500. The lowest BCUT2D eigenvalue weighted by Crippen LogP contribution is -1.92. The summed E-state index contributed by atoms with van der Waals surface area (Å²) in [5.74, 6) is 0.837. The van der Waals surface area contributed by atoms with Gasteiger partial charge >= 0.3 is 0 Å². The van der Waals surface area contributed by atoms with Crippen molar-refractivity contribution in [1.82, 2.24) is 4.98 Å². The first-order valence-corrected chi connectivity index (χ1v) is 10.2. The number of allylic oxidation sites excluding steroid dienone is 1. The van der Waals surface area contributed by atoms with Crippen LogP contribution in [-0.4, -0.2) is 11.6 Å². The van der Waals surface area contributed by atoms with Gasteiger partial charge in [-0.25, -0.2) is 4.98 Å². The summed E-state index contributed by atoms with van der Waals surface area (Å²) in [5.41, 5.74) is 3.30. The molecular formula is C24H19N3OS. The highest BCUT2D eigenvalue weighted by Crippen LogP contribution is 2.28. The molecule has 142 valence electrons. The Morgan fingerprint density at radius 3 is 2.69 bits per heavy atom. The number of benzene rings is 3. The number of ether oxygens (including phenoxy) is 1. The summed E-state index contributed by atoms with van der Waals surface area (Å²) in [6, 6.07) is 24.3. The molecule has 0 saturated heterocycles. The lowest BCUT2D eigenvalue weighted by molar-refractivity contribution is 0.340. The number of nitrogens with one attached hydrogen (secondary N) is 1. The van der Waals surface area contributed by atoms with E-state index < -0.39 is 0 Å². The van der Waals surface area contributed by atoms with Crippen LogP contribution in [0.2, 0.25) is 0 Å². The number of nitriles is 1. The molecule has 3 aromatic carbocycles. The minimum absolute atomic E-state index is 0.500. The molecule has 0 fully saturated rings. The molecule has 4 nitrogen and oxygen atoms in total. The monoisotopic (exact) mass is 397 g/mol. The van der Waals surface area contributed by atoms with Crippen molar-refractivity contribution in [3.05, 3.63) is 83.3 Å². The molecule has 29 heavy (non-hydrogen) atoms. The van der Waals surface area contributed by atoms with Crippen LogP contribution in [0.25, 0.3) is 27.6 Å². The molecular weight excluding hydrogens is 378 g/mol. The van der Waals surface area contributed by atoms with Gasteiger partial charge in [0.25, 0.3) is 0 Å².